The van der Waals surface area contributed by atoms with Crippen LogP contribution in [0, 0.1) is 0 Å². The number of benzene rings is 1. The van der Waals surface area contributed by atoms with E-state index >= 15 is 0 Å². The molecule has 0 amide bonds. The summed E-state index contributed by atoms with van der Waals surface area (Å²) in [7, 11) is 0. The van der Waals surface area contributed by atoms with Gasteiger partial charge in [-0.25, -0.2) is 0 Å². The molecule has 1 aromatic carbocycles. The van der Waals surface area contributed by atoms with Gasteiger partial charge in [-0.15, -0.1) is 0 Å². The van der Waals surface area contributed by atoms with Crippen molar-refractivity contribution in [3.05, 3.63) is 40.4 Å². The van der Waals surface area contributed by atoms with E-state index in [0.29, 0.717) is 59.5 Å². The first-order valence-corrected chi connectivity index (χ1v) is 10.4. The Labute approximate surface area is 176 Å². The van der Waals surface area contributed by atoms with E-state index in [0.717, 1.165) is 21.3 Å². The molecule has 1 heterocycles. The fourth-order valence-electron chi connectivity index (χ4n) is 2.83. The predicted octanol–water partition coefficient (Wildman–Crippen LogP) is 3.89. The Morgan fingerprint density at radius 3 is 1.96 bits per heavy atom. The van der Waals surface area contributed by atoms with E-state index in [1.54, 1.807) is 6.08 Å². The second-order valence-corrected chi connectivity index (χ2v) is 7.58. The van der Waals surface area contributed by atoms with E-state index in [-0.39, 0.29) is 12.2 Å². The Morgan fingerprint density at radius 1 is 0.964 bits per heavy atom. The molecular formula is C21H31BrO6. The monoisotopic (exact) mass is 458 g/mol. The summed E-state index contributed by atoms with van der Waals surface area (Å²) in [5.74, 6) is 0.779. The van der Waals surface area contributed by atoms with Gasteiger partial charge in [0.2, 0.25) is 0 Å². The maximum atomic E-state index is 5.91. The van der Waals surface area contributed by atoms with E-state index in [2.05, 4.69) is 22.5 Å². The van der Waals surface area contributed by atoms with Crippen LogP contribution in [0.4, 0.5) is 0 Å². The lowest BCUT2D eigenvalue weighted by Gasteiger charge is -2.20. The zero-order chi connectivity index (χ0) is 20.2. The van der Waals surface area contributed by atoms with Gasteiger partial charge >= 0.3 is 0 Å². The largest absolute Gasteiger partial charge is 0.489 e. The molecule has 1 aliphatic rings. The van der Waals surface area contributed by atoms with E-state index in [1.807, 2.05) is 26.0 Å². The molecule has 0 radical (unpaired) electrons. The Balaban J connectivity index is 2.07. The number of fused-ring (bicyclic) bond motifs is 2. The van der Waals surface area contributed by atoms with Crippen LogP contribution in [0.1, 0.15) is 25.0 Å². The Kier molecular flexibility index (Phi) is 11.1. The molecule has 0 N–H and O–H groups in total. The van der Waals surface area contributed by atoms with Crippen molar-refractivity contribution < 1.29 is 28.4 Å². The van der Waals surface area contributed by atoms with Crippen LogP contribution < -0.4 is 4.74 Å². The van der Waals surface area contributed by atoms with Crippen LogP contribution in [0.15, 0.2) is 29.3 Å². The fraction of sp³-hybridized carbons (Fsp3) is 0.619. The maximum absolute atomic E-state index is 5.91. The molecule has 7 heteroatoms. The topological polar surface area (TPSA) is 55.4 Å². The summed E-state index contributed by atoms with van der Waals surface area (Å²) in [6.45, 7) is 12.0. The minimum absolute atomic E-state index is 0.000256. The van der Waals surface area contributed by atoms with E-state index in [1.165, 1.54) is 0 Å². The molecule has 0 saturated carbocycles. The number of ether oxygens (including phenoxy) is 6. The van der Waals surface area contributed by atoms with Crippen LogP contribution in [-0.2, 0) is 36.9 Å². The molecule has 0 spiro atoms. The van der Waals surface area contributed by atoms with Gasteiger partial charge < -0.3 is 28.4 Å². The van der Waals surface area contributed by atoms with E-state index in [9.17, 15) is 0 Å². The molecule has 158 valence electrons. The highest BCUT2D eigenvalue weighted by atomic mass is 79.9. The van der Waals surface area contributed by atoms with Gasteiger partial charge in [-0.05, 0) is 26.0 Å². The zero-order valence-corrected chi connectivity index (χ0v) is 18.4. The molecule has 1 aliphatic heterocycles. The number of rotatable bonds is 3. The summed E-state index contributed by atoms with van der Waals surface area (Å²) in [6, 6.07) is 4.00. The van der Waals surface area contributed by atoms with Crippen LogP contribution >= 0.6 is 15.9 Å². The van der Waals surface area contributed by atoms with Gasteiger partial charge in [-0.3, -0.25) is 0 Å². The summed E-state index contributed by atoms with van der Waals surface area (Å²) in [5.41, 5.74) is 1.91. The van der Waals surface area contributed by atoms with Crippen molar-refractivity contribution in [2.24, 2.45) is 0 Å². The second kappa shape index (κ2) is 13.3. The van der Waals surface area contributed by atoms with Gasteiger partial charge in [0.25, 0.3) is 0 Å². The molecule has 0 unspecified atom stereocenters. The number of hydrogen-bond acceptors (Lipinski definition) is 6. The molecule has 2 atom stereocenters. The van der Waals surface area contributed by atoms with Crippen molar-refractivity contribution in [3.63, 3.8) is 0 Å². The first-order chi connectivity index (χ1) is 13.6. The molecule has 2 rings (SSSR count). The van der Waals surface area contributed by atoms with Crippen LogP contribution in [0.3, 0.4) is 0 Å². The van der Waals surface area contributed by atoms with Crippen molar-refractivity contribution >= 4 is 15.9 Å². The summed E-state index contributed by atoms with van der Waals surface area (Å²) < 4.78 is 35.6. The van der Waals surface area contributed by atoms with Gasteiger partial charge in [0.15, 0.2) is 0 Å². The van der Waals surface area contributed by atoms with Crippen LogP contribution in [0.2, 0.25) is 0 Å². The summed E-state index contributed by atoms with van der Waals surface area (Å²) in [5, 5.41) is 0. The van der Waals surface area contributed by atoms with Gasteiger partial charge in [0.1, 0.15) is 12.4 Å². The second-order valence-electron chi connectivity index (χ2n) is 6.67. The highest BCUT2D eigenvalue weighted by Crippen LogP contribution is 2.30. The van der Waals surface area contributed by atoms with Crippen molar-refractivity contribution in [3.8, 4) is 5.75 Å². The van der Waals surface area contributed by atoms with Crippen molar-refractivity contribution in [1.82, 2.24) is 0 Å². The third-order valence-corrected chi connectivity index (χ3v) is 4.44. The Morgan fingerprint density at radius 2 is 1.46 bits per heavy atom. The molecule has 0 aliphatic carbocycles. The van der Waals surface area contributed by atoms with Crippen LogP contribution in [0.5, 0.6) is 5.75 Å². The Bertz CT molecular complexity index is 553. The average molecular weight is 459 g/mol. The molecule has 0 saturated heterocycles. The third kappa shape index (κ3) is 8.59. The average Bonchev–Trinajstić information content (AvgIpc) is 2.65. The molecule has 28 heavy (non-hydrogen) atoms. The minimum Gasteiger partial charge on any atom is -0.489 e. The van der Waals surface area contributed by atoms with Crippen molar-refractivity contribution in [2.45, 2.75) is 39.3 Å². The molecule has 2 bridgehead atoms. The van der Waals surface area contributed by atoms with Crippen LogP contribution in [-0.4, -0.2) is 58.5 Å². The lowest BCUT2D eigenvalue weighted by Crippen LogP contribution is -2.26. The van der Waals surface area contributed by atoms with Crippen molar-refractivity contribution in [1.29, 1.82) is 0 Å². The van der Waals surface area contributed by atoms with E-state index < -0.39 is 0 Å². The Hall–Kier alpha value is -0.960. The lowest BCUT2D eigenvalue weighted by molar-refractivity contribution is -0.0808. The van der Waals surface area contributed by atoms with Gasteiger partial charge in [0, 0.05) is 15.6 Å². The summed E-state index contributed by atoms with van der Waals surface area (Å²) in [4.78, 5) is 0. The number of hydrogen-bond donors (Lipinski definition) is 0. The normalized spacial score (nSPS) is 23.4. The van der Waals surface area contributed by atoms with Gasteiger partial charge in [0.05, 0.1) is 65.1 Å². The third-order valence-electron chi connectivity index (χ3n) is 3.98. The standard InChI is InChI=1S/C21H31BrO6/c1-4-5-27-21-18-10-20(22)11-19(21)15-26-9-7-24-13-17(3)28-16(2)12-23-6-8-25-14-18/h4,10-11,16-17H,1,5-9,12-15H2,2-3H3/t16-,17-/m0/s1. The summed E-state index contributed by atoms with van der Waals surface area (Å²) in [6.07, 6.45) is 1.72. The highest BCUT2D eigenvalue weighted by Gasteiger charge is 2.14. The first kappa shape index (κ1) is 23.3. The highest BCUT2D eigenvalue weighted by molar-refractivity contribution is 9.10. The first-order valence-electron chi connectivity index (χ1n) is 9.61. The fourth-order valence-corrected chi connectivity index (χ4v) is 3.38. The van der Waals surface area contributed by atoms with Crippen LogP contribution in [0.25, 0.3) is 0 Å². The van der Waals surface area contributed by atoms with Gasteiger partial charge in [-0.1, -0.05) is 28.6 Å². The maximum Gasteiger partial charge on any atom is 0.130 e. The van der Waals surface area contributed by atoms with Gasteiger partial charge in [-0.2, -0.15) is 0 Å². The molecule has 1 aromatic rings. The molecule has 6 nitrogen and oxygen atoms in total. The van der Waals surface area contributed by atoms with Crippen molar-refractivity contribution in [2.75, 3.05) is 46.2 Å². The predicted molar refractivity (Wildman–Crippen MR) is 111 cm³/mol. The van der Waals surface area contributed by atoms with E-state index in [4.69, 9.17) is 28.4 Å². The SMILES string of the molecule is C=CCOc1c2cc(Br)cc1COCCOC[C@H](C)O[C@@H](C)COCCOC2. The minimum atomic E-state index is 0.000256. The lowest BCUT2D eigenvalue weighted by atomic mass is 10.1. The number of halogens is 1. The zero-order valence-electron chi connectivity index (χ0n) is 16.8. The molecular weight excluding hydrogens is 428 g/mol. The smallest absolute Gasteiger partial charge is 0.130 e. The quantitative estimate of drug-likeness (QED) is 0.640. The molecule has 0 fully saturated rings. The molecule has 0 aromatic heterocycles. The summed E-state index contributed by atoms with van der Waals surface area (Å²) >= 11 is 3.56.